The number of halogens is 1. The van der Waals surface area contributed by atoms with Crippen molar-refractivity contribution in [3.05, 3.63) is 36.2 Å². The van der Waals surface area contributed by atoms with Crippen LogP contribution in [0.2, 0.25) is 0 Å². The second-order valence-corrected chi connectivity index (χ2v) is 7.44. The highest BCUT2D eigenvalue weighted by Gasteiger charge is 2.30. The molecule has 120 valence electrons. The fourth-order valence-electron chi connectivity index (χ4n) is 2.84. The lowest BCUT2D eigenvalue weighted by Crippen LogP contribution is -2.51. The van der Waals surface area contributed by atoms with E-state index in [1.54, 1.807) is 28.8 Å². The Labute approximate surface area is 137 Å². The van der Waals surface area contributed by atoms with E-state index in [0.29, 0.717) is 24.5 Å². The molecule has 0 spiro atoms. The van der Waals surface area contributed by atoms with Crippen LogP contribution in [0.5, 0.6) is 0 Å². The summed E-state index contributed by atoms with van der Waals surface area (Å²) in [4.78, 5) is 4.53. The standard InChI is InChI=1S/C15H19N3O2S.ClH/c1-11-8-16-9-13-4-3-5-14(15(11)13)21(19,20)18-7-6-17-12(2)10-18;/h3-5,8-9,12,17H,6-7,10H2,1-2H3;1H/t12-;/m0./s1. The van der Waals surface area contributed by atoms with Gasteiger partial charge in [0.25, 0.3) is 0 Å². The van der Waals surface area contributed by atoms with Gasteiger partial charge in [0.15, 0.2) is 0 Å². The predicted molar refractivity (Wildman–Crippen MR) is 90.0 cm³/mol. The Balaban J connectivity index is 0.00000176. The summed E-state index contributed by atoms with van der Waals surface area (Å²) in [6, 6.07) is 5.54. The number of aromatic nitrogens is 1. The average molecular weight is 342 g/mol. The third kappa shape index (κ3) is 2.96. The van der Waals surface area contributed by atoms with Crippen molar-refractivity contribution in [2.24, 2.45) is 0 Å². The molecule has 1 aliphatic heterocycles. The molecule has 1 aliphatic rings. The van der Waals surface area contributed by atoms with Gasteiger partial charge in [-0.1, -0.05) is 12.1 Å². The van der Waals surface area contributed by atoms with Gasteiger partial charge in [0, 0.05) is 48.8 Å². The normalized spacial score (nSPS) is 19.8. The van der Waals surface area contributed by atoms with Crippen molar-refractivity contribution in [1.29, 1.82) is 0 Å². The van der Waals surface area contributed by atoms with E-state index in [-0.39, 0.29) is 18.4 Å². The third-order valence-electron chi connectivity index (χ3n) is 3.88. The number of hydrogen-bond acceptors (Lipinski definition) is 4. The summed E-state index contributed by atoms with van der Waals surface area (Å²) in [5.41, 5.74) is 0.884. The Morgan fingerprint density at radius 2 is 2.09 bits per heavy atom. The lowest BCUT2D eigenvalue weighted by Gasteiger charge is -2.31. The van der Waals surface area contributed by atoms with Crippen molar-refractivity contribution in [3.63, 3.8) is 0 Å². The number of nitrogens with zero attached hydrogens (tertiary/aromatic N) is 2. The highest BCUT2D eigenvalue weighted by molar-refractivity contribution is 7.89. The molecule has 2 heterocycles. The molecular weight excluding hydrogens is 322 g/mol. The number of fused-ring (bicyclic) bond motifs is 1. The first-order valence-corrected chi connectivity index (χ1v) is 8.51. The highest BCUT2D eigenvalue weighted by atomic mass is 35.5. The zero-order valence-electron chi connectivity index (χ0n) is 12.6. The Morgan fingerprint density at radius 3 is 2.82 bits per heavy atom. The number of benzene rings is 1. The number of sulfonamides is 1. The van der Waals surface area contributed by atoms with Crippen molar-refractivity contribution in [3.8, 4) is 0 Å². The summed E-state index contributed by atoms with van der Waals surface area (Å²) >= 11 is 0. The summed E-state index contributed by atoms with van der Waals surface area (Å²) in [5, 5.41) is 4.90. The molecule has 1 aromatic heterocycles. The molecule has 1 N–H and O–H groups in total. The average Bonchev–Trinajstić information content (AvgIpc) is 2.47. The molecule has 0 amide bonds. The number of aryl methyl sites for hydroxylation is 1. The molecule has 1 atom stereocenters. The molecule has 0 radical (unpaired) electrons. The van der Waals surface area contributed by atoms with Crippen LogP contribution >= 0.6 is 12.4 Å². The smallest absolute Gasteiger partial charge is 0.243 e. The molecule has 22 heavy (non-hydrogen) atoms. The minimum absolute atomic E-state index is 0. The summed E-state index contributed by atoms with van der Waals surface area (Å²) in [6.45, 7) is 5.59. The zero-order chi connectivity index (χ0) is 15.0. The largest absolute Gasteiger partial charge is 0.312 e. The Morgan fingerprint density at radius 1 is 1.32 bits per heavy atom. The van der Waals surface area contributed by atoms with Gasteiger partial charge >= 0.3 is 0 Å². The summed E-state index contributed by atoms with van der Waals surface area (Å²) in [7, 11) is -3.48. The van der Waals surface area contributed by atoms with Crippen LogP contribution in [0.15, 0.2) is 35.5 Å². The van der Waals surface area contributed by atoms with Crippen LogP contribution in [0.25, 0.3) is 10.8 Å². The van der Waals surface area contributed by atoms with Crippen molar-refractivity contribution in [2.45, 2.75) is 24.8 Å². The number of nitrogens with one attached hydrogen (secondary N) is 1. The van der Waals surface area contributed by atoms with Crippen LogP contribution in [-0.4, -0.2) is 43.4 Å². The maximum absolute atomic E-state index is 13.0. The van der Waals surface area contributed by atoms with Gasteiger partial charge in [-0.25, -0.2) is 8.42 Å². The van der Waals surface area contributed by atoms with E-state index >= 15 is 0 Å². The molecule has 7 heteroatoms. The van der Waals surface area contributed by atoms with E-state index in [4.69, 9.17) is 0 Å². The molecule has 2 aromatic rings. The van der Waals surface area contributed by atoms with E-state index in [1.165, 1.54) is 0 Å². The molecule has 0 bridgehead atoms. The van der Waals surface area contributed by atoms with Gasteiger partial charge in [0.05, 0.1) is 4.90 Å². The zero-order valence-corrected chi connectivity index (χ0v) is 14.2. The van der Waals surface area contributed by atoms with E-state index in [9.17, 15) is 8.42 Å². The number of rotatable bonds is 2. The predicted octanol–water partition coefficient (Wildman–Crippen LogP) is 1.95. The summed E-state index contributed by atoms with van der Waals surface area (Å²) in [5.74, 6) is 0. The third-order valence-corrected chi connectivity index (χ3v) is 5.79. The summed E-state index contributed by atoms with van der Waals surface area (Å²) < 4.78 is 27.5. The van der Waals surface area contributed by atoms with Gasteiger partial charge in [-0.05, 0) is 25.5 Å². The van der Waals surface area contributed by atoms with Crippen molar-refractivity contribution in [2.75, 3.05) is 19.6 Å². The second-order valence-electron chi connectivity index (χ2n) is 5.53. The van der Waals surface area contributed by atoms with E-state index in [1.807, 2.05) is 19.9 Å². The van der Waals surface area contributed by atoms with Crippen LogP contribution in [0.4, 0.5) is 0 Å². The second kappa shape index (κ2) is 6.50. The van der Waals surface area contributed by atoms with Crippen LogP contribution < -0.4 is 5.32 Å². The monoisotopic (exact) mass is 341 g/mol. The number of pyridine rings is 1. The van der Waals surface area contributed by atoms with Crippen LogP contribution in [-0.2, 0) is 10.0 Å². The molecular formula is C15H20ClN3O2S. The van der Waals surface area contributed by atoms with Crippen LogP contribution in [0.1, 0.15) is 12.5 Å². The Bertz CT molecular complexity index is 774. The molecule has 1 fully saturated rings. The number of piperazine rings is 1. The molecule has 1 saturated heterocycles. The molecule has 0 aliphatic carbocycles. The van der Waals surface area contributed by atoms with Crippen molar-refractivity contribution < 1.29 is 8.42 Å². The molecule has 5 nitrogen and oxygen atoms in total. The van der Waals surface area contributed by atoms with Crippen LogP contribution in [0.3, 0.4) is 0 Å². The highest BCUT2D eigenvalue weighted by Crippen LogP contribution is 2.28. The van der Waals surface area contributed by atoms with E-state index < -0.39 is 10.0 Å². The van der Waals surface area contributed by atoms with Crippen molar-refractivity contribution >= 4 is 33.2 Å². The topological polar surface area (TPSA) is 62.3 Å². The van der Waals surface area contributed by atoms with Crippen LogP contribution in [0, 0.1) is 6.92 Å². The Kier molecular flexibility index (Phi) is 5.07. The quantitative estimate of drug-likeness (QED) is 0.907. The van der Waals surface area contributed by atoms with Gasteiger partial charge in [0.2, 0.25) is 10.0 Å². The van der Waals surface area contributed by atoms with Gasteiger partial charge in [0.1, 0.15) is 0 Å². The SMILES string of the molecule is Cc1cncc2cccc(S(=O)(=O)N3CCN[C@@H](C)C3)c12.Cl. The van der Waals surface area contributed by atoms with E-state index in [0.717, 1.165) is 16.3 Å². The minimum Gasteiger partial charge on any atom is -0.312 e. The van der Waals surface area contributed by atoms with E-state index in [2.05, 4.69) is 10.3 Å². The first-order chi connectivity index (χ1) is 10.00. The van der Waals surface area contributed by atoms with Gasteiger partial charge in [-0.15, -0.1) is 12.4 Å². The van der Waals surface area contributed by atoms with Gasteiger partial charge in [-0.3, -0.25) is 4.98 Å². The molecule has 3 rings (SSSR count). The first kappa shape index (κ1) is 17.1. The lowest BCUT2D eigenvalue weighted by molar-refractivity contribution is 0.310. The fraction of sp³-hybridized carbons (Fsp3) is 0.400. The van der Waals surface area contributed by atoms with Crippen molar-refractivity contribution in [1.82, 2.24) is 14.6 Å². The fourth-order valence-corrected chi connectivity index (χ4v) is 4.66. The maximum atomic E-state index is 13.0. The van der Waals surface area contributed by atoms with Gasteiger partial charge < -0.3 is 5.32 Å². The van der Waals surface area contributed by atoms with Gasteiger partial charge in [-0.2, -0.15) is 4.31 Å². The maximum Gasteiger partial charge on any atom is 0.243 e. The summed E-state index contributed by atoms with van der Waals surface area (Å²) in [6.07, 6.45) is 3.42. The molecule has 0 unspecified atom stereocenters. The molecule has 1 aromatic carbocycles. The number of hydrogen-bond donors (Lipinski definition) is 1. The lowest BCUT2D eigenvalue weighted by atomic mass is 10.1. The minimum atomic E-state index is -3.48. The first-order valence-electron chi connectivity index (χ1n) is 7.07. The molecule has 0 saturated carbocycles. The Hall–Kier alpha value is -1.21.